The third-order valence-corrected chi connectivity index (χ3v) is 5.69. The summed E-state index contributed by atoms with van der Waals surface area (Å²) in [5, 5.41) is 8.65. The Labute approximate surface area is 120 Å². The Morgan fingerprint density at radius 1 is 1.50 bits per heavy atom. The van der Waals surface area contributed by atoms with Gasteiger partial charge in [-0.2, -0.15) is 11.8 Å². The fraction of sp³-hybridized carbons (Fsp3) is 0.417. The Bertz CT molecular complexity index is 612. The predicted octanol–water partition coefficient (Wildman–Crippen LogP) is 1.09. The molecule has 2 rings (SSSR count). The van der Waals surface area contributed by atoms with Gasteiger partial charge < -0.3 is 10.0 Å². The maximum absolute atomic E-state index is 13.7. The van der Waals surface area contributed by atoms with Crippen LogP contribution in [0.3, 0.4) is 0 Å². The molecule has 1 saturated heterocycles. The molecule has 0 aromatic heterocycles. The minimum absolute atomic E-state index is 0.203. The Morgan fingerprint density at radius 3 is 2.80 bits per heavy atom. The number of halogens is 1. The highest BCUT2D eigenvalue weighted by Gasteiger charge is 2.36. The second-order valence-corrected chi connectivity index (χ2v) is 7.84. The maximum Gasteiger partial charge on any atom is 0.261 e. The van der Waals surface area contributed by atoms with Gasteiger partial charge >= 0.3 is 0 Å². The van der Waals surface area contributed by atoms with Gasteiger partial charge in [0.2, 0.25) is 0 Å². The van der Waals surface area contributed by atoms with Gasteiger partial charge in [0.1, 0.15) is 22.5 Å². The molecule has 0 spiro atoms. The normalized spacial score (nSPS) is 19.9. The fourth-order valence-electron chi connectivity index (χ4n) is 2.04. The first-order valence-electron chi connectivity index (χ1n) is 5.87. The van der Waals surface area contributed by atoms with Gasteiger partial charge in [-0.25, -0.2) is 12.8 Å². The van der Waals surface area contributed by atoms with Crippen LogP contribution in [0, 0.1) is 5.82 Å². The number of carbonyl (C=O) groups excluding carboxylic acids is 1. The van der Waals surface area contributed by atoms with E-state index >= 15 is 0 Å². The van der Waals surface area contributed by atoms with Crippen LogP contribution in [0.4, 0.5) is 4.39 Å². The van der Waals surface area contributed by atoms with Crippen molar-refractivity contribution in [3.63, 3.8) is 0 Å². The van der Waals surface area contributed by atoms with Crippen LogP contribution in [0.15, 0.2) is 18.2 Å². The number of benzene rings is 1. The van der Waals surface area contributed by atoms with Crippen molar-refractivity contribution in [1.82, 2.24) is 4.90 Å². The third-order valence-electron chi connectivity index (χ3n) is 3.05. The number of aromatic hydroxyl groups is 1. The molecule has 1 aromatic rings. The number of amides is 1. The van der Waals surface area contributed by atoms with Crippen LogP contribution in [0.2, 0.25) is 0 Å². The number of hydrogen-bond acceptors (Lipinski definition) is 5. The number of rotatable bonds is 2. The molecule has 1 aromatic carbocycles. The van der Waals surface area contributed by atoms with E-state index in [2.05, 4.69) is 0 Å². The minimum Gasteiger partial charge on any atom is -0.507 e. The smallest absolute Gasteiger partial charge is 0.261 e. The lowest BCUT2D eigenvalue weighted by Gasteiger charge is -2.34. The number of thioether (sulfide) groups is 1. The van der Waals surface area contributed by atoms with Crippen molar-refractivity contribution in [3.05, 3.63) is 29.6 Å². The number of carbonyl (C=O) groups is 1. The van der Waals surface area contributed by atoms with Crippen LogP contribution in [0.1, 0.15) is 10.4 Å². The lowest BCUT2D eigenvalue weighted by Crippen LogP contribution is -2.50. The van der Waals surface area contributed by atoms with Crippen molar-refractivity contribution in [1.29, 1.82) is 0 Å². The highest BCUT2D eigenvalue weighted by Crippen LogP contribution is 2.27. The van der Waals surface area contributed by atoms with E-state index in [1.54, 1.807) is 0 Å². The van der Waals surface area contributed by atoms with Crippen molar-refractivity contribution in [2.75, 3.05) is 24.3 Å². The Balaban J connectivity index is 2.41. The maximum atomic E-state index is 13.7. The molecule has 110 valence electrons. The first-order valence-corrected chi connectivity index (χ1v) is 8.98. The lowest BCUT2D eigenvalue weighted by molar-refractivity contribution is 0.0741. The molecule has 1 fully saturated rings. The number of nitrogens with zero attached hydrogens (tertiary/aromatic N) is 1. The molecule has 0 saturated carbocycles. The summed E-state index contributed by atoms with van der Waals surface area (Å²) in [5.41, 5.74) is -0.479. The summed E-state index contributed by atoms with van der Waals surface area (Å²) in [6.45, 7) is 0.203. The molecule has 1 unspecified atom stereocenters. The van der Waals surface area contributed by atoms with Crippen LogP contribution in [0.5, 0.6) is 5.75 Å². The van der Waals surface area contributed by atoms with Gasteiger partial charge in [-0.05, 0) is 12.1 Å². The molecular weight excluding hydrogens is 305 g/mol. The third kappa shape index (κ3) is 2.90. The SMILES string of the molecule is CS(=O)(=O)C1CSCCN1C(=O)c1c(O)cccc1F. The van der Waals surface area contributed by atoms with Gasteiger partial charge in [0.05, 0.1) is 0 Å². The Hall–Kier alpha value is -1.28. The second kappa shape index (κ2) is 5.61. The van der Waals surface area contributed by atoms with Gasteiger partial charge in [0, 0.05) is 24.3 Å². The van der Waals surface area contributed by atoms with Gasteiger partial charge in [0.15, 0.2) is 9.84 Å². The van der Waals surface area contributed by atoms with Crippen molar-refractivity contribution < 1.29 is 22.7 Å². The highest BCUT2D eigenvalue weighted by molar-refractivity contribution is 8.00. The van der Waals surface area contributed by atoms with Crippen LogP contribution >= 0.6 is 11.8 Å². The summed E-state index contributed by atoms with van der Waals surface area (Å²) in [6.07, 6.45) is 1.05. The van der Waals surface area contributed by atoms with E-state index in [0.29, 0.717) is 5.75 Å². The van der Waals surface area contributed by atoms with Gasteiger partial charge in [-0.3, -0.25) is 4.79 Å². The quantitative estimate of drug-likeness (QED) is 0.883. The van der Waals surface area contributed by atoms with E-state index in [4.69, 9.17) is 0 Å². The molecule has 1 atom stereocenters. The van der Waals surface area contributed by atoms with Crippen LogP contribution in [-0.2, 0) is 9.84 Å². The monoisotopic (exact) mass is 319 g/mol. The van der Waals surface area contributed by atoms with Crippen LogP contribution in [0.25, 0.3) is 0 Å². The Kier molecular flexibility index (Phi) is 4.24. The molecule has 0 bridgehead atoms. The molecule has 1 N–H and O–H groups in total. The average molecular weight is 319 g/mol. The summed E-state index contributed by atoms with van der Waals surface area (Å²) >= 11 is 1.43. The van der Waals surface area contributed by atoms with Gasteiger partial charge in [0.25, 0.3) is 5.91 Å². The van der Waals surface area contributed by atoms with E-state index in [1.807, 2.05) is 0 Å². The molecule has 5 nitrogen and oxygen atoms in total. The summed E-state index contributed by atoms with van der Waals surface area (Å²) in [6, 6.07) is 3.53. The van der Waals surface area contributed by atoms with Gasteiger partial charge in [-0.1, -0.05) is 6.07 Å². The van der Waals surface area contributed by atoms with Crippen molar-refractivity contribution in [2.45, 2.75) is 5.37 Å². The number of hydrogen-bond donors (Lipinski definition) is 1. The van der Waals surface area contributed by atoms with E-state index in [1.165, 1.54) is 23.9 Å². The molecule has 1 aliphatic heterocycles. The van der Waals surface area contributed by atoms with Crippen molar-refractivity contribution in [3.8, 4) is 5.75 Å². The molecule has 0 radical (unpaired) electrons. The standard InChI is InChI=1S/C12H14FNO4S2/c1-20(17,18)10-7-19-6-5-14(10)12(16)11-8(13)3-2-4-9(11)15/h2-4,10,15H,5-7H2,1H3. The molecule has 1 amide bonds. The van der Waals surface area contributed by atoms with Crippen LogP contribution in [-0.4, -0.2) is 54.0 Å². The second-order valence-electron chi connectivity index (χ2n) is 4.49. The zero-order valence-corrected chi connectivity index (χ0v) is 12.4. The molecular formula is C12H14FNO4S2. The summed E-state index contributed by atoms with van der Waals surface area (Å²) in [7, 11) is -3.47. The highest BCUT2D eigenvalue weighted by atomic mass is 32.2. The fourth-order valence-corrected chi connectivity index (χ4v) is 4.85. The average Bonchev–Trinajstić information content (AvgIpc) is 2.37. The van der Waals surface area contributed by atoms with E-state index in [-0.39, 0.29) is 12.3 Å². The molecule has 1 heterocycles. The van der Waals surface area contributed by atoms with Crippen molar-refractivity contribution >= 4 is 27.5 Å². The predicted molar refractivity (Wildman–Crippen MR) is 75.1 cm³/mol. The van der Waals surface area contributed by atoms with E-state index in [9.17, 15) is 22.7 Å². The Morgan fingerprint density at radius 2 is 2.20 bits per heavy atom. The van der Waals surface area contributed by atoms with Gasteiger partial charge in [-0.15, -0.1) is 0 Å². The zero-order chi connectivity index (χ0) is 14.9. The van der Waals surface area contributed by atoms with Crippen molar-refractivity contribution in [2.24, 2.45) is 0 Å². The first kappa shape index (κ1) is 15.1. The topological polar surface area (TPSA) is 74.7 Å². The molecule has 8 heteroatoms. The largest absolute Gasteiger partial charge is 0.507 e. The summed E-state index contributed by atoms with van der Waals surface area (Å²) < 4.78 is 37.2. The molecule has 0 aliphatic carbocycles. The number of phenols is 1. The minimum atomic E-state index is -3.47. The molecule has 1 aliphatic rings. The first-order chi connectivity index (χ1) is 9.32. The number of phenolic OH excluding ortho intramolecular Hbond substituents is 1. The summed E-state index contributed by atoms with van der Waals surface area (Å²) in [5.74, 6) is -1.32. The summed E-state index contributed by atoms with van der Waals surface area (Å²) in [4.78, 5) is 13.5. The molecule has 20 heavy (non-hydrogen) atoms. The number of sulfone groups is 1. The van der Waals surface area contributed by atoms with Crippen LogP contribution < -0.4 is 0 Å². The van der Waals surface area contributed by atoms with E-state index in [0.717, 1.165) is 17.2 Å². The lowest BCUT2D eigenvalue weighted by atomic mass is 10.1. The van der Waals surface area contributed by atoms with E-state index < -0.39 is 38.2 Å². The zero-order valence-electron chi connectivity index (χ0n) is 10.7.